The summed E-state index contributed by atoms with van der Waals surface area (Å²) in [4.78, 5) is 31.2. The quantitative estimate of drug-likeness (QED) is 0.343. The van der Waals surface area contributed by atoms with Crippen LogP contribution in [0.25, 0.3) is 0 Å². The van der Waals surface area contributed by atoms with Crippen LogP contribution in [0.5, 0.6) is 0 Å². The molecule has 0 spiro atoms. The molecule has 2 aromatic rings. The van der Waals surface area contributed by atoms with E-state index in [4.69, 9.17) is 23.2 Å². The first-order valence-electron chi connectivity index (χ1n) is 8.61. The highest BCUT2D eigenvalue weighted by Crippen LogP contribution is 2.34. The fourth-order valence-electron chi connectivity index (χ4n) is 2.37. The number of hydrogen-bond donors (Lipinski definition) is 2. The summed E-state index contributed by atoms with van der Waals surface area (Å²) in [6.07, 6.45) is -9.05. The van der Waals surface area contributed by atoms with Crippen LogP contribution in [-0.4, -0.2) is 35.9 Å². The van der Waals surface area contributed by atoms with Crippen LogP contribution >= 0.6 is 23.2 Å². The molecule has 2 rings (SSSR count). The van der Waals surface area contributed by atoms with Crippen LogP contribution in [0.4, 0.5) is 38.0 Å². The van der Waals surface area contributed by atoms with Crippen molar-refractivity contribution in [3.8, 4) is 0 Å². The zero-order valence-corrected chi connectivity index (χ0v) is 18.2. The molecule has 33 heavy (non-hydrogen) atoms. The number of amides is 2. The predicted octanol–water partition coefficient (Wildman–Crippen LogP) is 3.85. The van der Waals surface area contributed by atoms with Crippen molar-refractivity contribution in [2.24, 2.45) is 0 Å². The minimum atomic E-state index is -4.66. The molecule has 2 N–H and O–H groups in total. The van der Waals surface area contributed by atoms with Gasteiger partial charge in [-0.1, -0.05) is 23.2 Å². The highest BCUT2D eigenvalue weighted by atomic mass is 35.5. The second-order valence-electron chi connectivity index (χ2n) is 6.42. The van der Waals surface area contributed by atoms with E-state index in [9.17, 15) is 35.9 Å². The van der Waals surface area contributed by atoms with E-state index in [1.807, 2.05) is 0 Å². The Morgan fingerprint density at radius 1 is 0.818 bits per heavy atom. The summed E-state index contributed by atoms with van der Waals surface area (Å²) in [7, 11) is 2.46. The molecule has 0 bridgehead atoms. The van der Waals surface area contributed by atoms with E-state index in [1.54, 1.807) is 0 Å². The average Bonchev–Trinajstić information content (AvgIpc) is 2.65. The number of hydrogen-bond acceptors (Lipinski definition) is 6. The van der Waals surface area contributed by atoms with E-state index in [-0.39, 0.29) is 11.6 Å². The third-order valence-corrected chi connectivity index (χ3v) is 4.40. The Morgan fingerprint density at radius 2 is 1.15 bits per heavy atom. The summed E-state index contributed by atoms with van der Waals surface area (Å²) >= 11 is 11.6. The second kappa shape index (κ2) is 9.87. The number of alkyl halides is 6. The van der Waals surface area contributed by atoms with Crippen LogP contribution in [0.2, 0.25) is 10.0 Å². The number of pyridine rings is 2. The Hall–Kier alpha value is -3.00. The lowest BCUT2D eigenvalue weighted by Gasteiger charge is -2.22. The van der Waals surface area contributed by atoms with Gasteiger partial charge in [0, 0.05) is 26.5 Å². The minimum Gasteiger partial charge on any atom is -0.273 e. The molecule has 0 aliphatic rings. The van der Waals surface area contributed by atoms with Crippen molar-refractivity contribution >= 4 is 46.7 Å². The third kappa shape index (κ3) is 6.99. The maximum Gasteiger partial charge on any atom is 0.417 e. The number of anilines is 2. The lowest BCUT2D eigenvalue weighted by molar-refractivity contribution is -0.138. The van der Waals surface area contributed by atoms with Crippen LogP contribution in [0, 0.1) is 0 Å². The average molecular weight is 519 g/mol. The monoisotopic (exact) mass is 518 g/mol. The first kappa shape index (κ1) is 26.3. The molecular weight excluding hydrogens is 505 g/mol. The zero-order valence-electron chi connectivity index (χ0n) is 16.6. The highest BCUT2D eigenvalue weighted by molar-refractivity contribution is 6.33. The Morgan fingerprint density at radius 3 is 1.42 bits per heavy atom. The Bertz CT molecular complexity index is 968. The standard InChI is InChI=1S/C17H14Cl2F6N6O2/c1-30(14-10(18)3-8(6-26-14)16(20,21)22)28-12(32)5-13(33)29-31(2)15-11(19)4-9(7-27-15)17(23,24)25/h3-4,6-7H,5H2,1-2H3,(H,28,32)(H,29,33). The normalized spacial score (nSPS) is 11.7. The van der Waals surface area contributed by atoms with Gasteiger partial charge < -0.3 is 0 Å². The Kier molecular flexibility index (Phi) is 7.85. The molecule has 2 heterocycles. The number of carbonyl (C=O) groups excluding carboxylic acids is 2. The van der Waals surface area contributed by atoms with E-state index in [1.165, 1.54) is 14.1 Å². The van der Waals surface area contributed by atoms with Crippen molar-refractivity contribution < 1.29 is 35.9 Å². The molecule has 0 aliphatic heterocycles. The zero-order chi connectivity index (χ0) is 25.1. The van der Waals surface area contributed by atoms with Gasteiger partial charge in [0.1, 0.15) is 6.42 Å². The van der Waals surface area contributed by atoms with Gasteiger partial charge in [-0.3, -0.25) is 30.5 Å². The molecule has 0 aromatic carbocycles. The van der Waals surface area contributed by atoms with E-state index in [0.717, 1.165) is 10.0 Å². The fraction of sp³-hybridized carbons (Fsp3) is 0.294. The molecule has 0 aliphatic carbocycles. The molecule has 180 valence electrons. The van der Waals surface area contributed by atoms with E-state index < -0.39 is 51.8 Å². The third-order valence-electron chi connectivity index (χ3n) is 3.84. The SMILES string of the molecule is CN(NC(=O)CC(=O)NN(C)c1ncc(C(F)(F)F)cc1Cl)c1ncc(C(F)(F)F)cc1Cl. The second-order valence-corrected chi connectivity index (χ2v) is 7.23. The van der Waals surface area contributed by atoms with Crippen molar-refractivity contribution in [1.82, 2.24) is 20.8 Å². The van der Waals surface area contributed by atoms with Crippen molar-refractivity contribution in [2.45, 2.75) is 18.8 Å². The van der Waals surface area contributed by atoms with Gasteiger partial charge >= 0.3 is 12.4 Å². The predicted molar refractivity (Wildman–Crippen MR) is 106 cm³/mol. The molecule has 0 unspecified atom stereocenters. The smallest absolute Gasteiger partial charge is 0.273 e. The first-order chi connectivity index (χ1) is 15.1. The molecule has 16 heteroatoms. The maximum atomic E-state index is 12.7. The van der Waals surface area contributed by atoms with Gasteiger partial charge in [-0.25, -0.2) is 9.97 Å². The van der Waals surface area contributed by atoms with Gasteiger partial charge in [-0.05, 0) is 12.1 Å². The van der Waals surface area contributed by atoms with Gasteiger partial charge in [0.2, 0.25) is 11.8 Å². The number of rotatable bonds is 6. The van der Waals surface area contributed by atoms with Crippen molar-refractivity contribution in [1.29, 1.82) is 0 Å². The molecule has 0 fully saturated rings. The molecule has 0 saturated carbocycles. The van der Waals surface area contributed by atoms with E-state index in [0.29, 0.717) is 24.5 Å². The van der Waals surface area contributed by atoms with Crippen LogP contribution in [0.15, 0.2) is 24.5 Å². The summed E-state index contributed by atoms with van der Waals surface area (Å²) in [6.45, 7) is 0. The highest BCUT2D eigenvalue weighted by Gasteiger charge is 2.33. The fourth-order valence-corrected chi connectivity index (χ4v) is 2.96. The summed E-state index contributed by atoms with van der Waals surface area (Å²) in [5.41, 5.74) is 2.21. The number of halogens is 8. The number of hydrazine groups is 2. The summed E-state index contributed by atoms with van der Waals surface area (Å²) < 4.78 is 76.1. The molecule has 0 radical (unpaired) electrons. The molecule has 8 nitrogen and oxygen atoms in total. The van der Waals surface area contributed by atoms with Crippen LogP contribution in [0.3, 0.4) is 0 Å². The molecule has 0 saturated heterocycles. The van der Waals surface area contributed by atoms with Crippen LogP contribution < -0.4 is 20.9 Å². The molecular formula is C17H14Cl2F6N6O2. The molecule has 2 amide bonds. The van der Waals surface area contributed by atoms with Crippen molar-refractivity contribution in [3.63, 3.8) is 0 Å². The Labute approximate surface area is 192 Å². The molecule has 0 atom stereocenters. The van der Waals surface area contributed by atoms with E-state index >= 15 is 0 Å². The number of aromatic nitrogens is 2. The van der Waals surface area contributed by atoms with Crippen molar-refractivity contribution in [2.75, 3.05) is 24.1 Å². The largest absolute Gasteiger partial charge is 0.417 e. The van der Waals surface area contributed by atoms with Gasteiger partial charge in [0.05, 0.1) is 21.2 Å². The molecule has 2 aromatic heterocycles. The summed E-state index contributed by atoms with van der Waals surface area (Å²) in [5.74, 6) is -2.21. The Balaban J connectivity index is 1.97. The van der Waals surface area contributed by atoms with Gasteiger partial charge in [0.25, 0.3) is 0 Å². The number of carbonyl (C=O) groups is 2. The first-order valence-corrected chi connectivity index (χ1v) is 9.37. The minimum absolute atomic E-state index is 0.212. The maximum absolute atomic E-state index is 12.7. The number of nitrogens with zero attached hydrogens (tertiary/aromatic N) is 4. The number of nitrogens with one attached hydrogen (secondary N) is 2. The van der Waals surface area contributed by atoms with Gasteiger partial charge in [-0.2, -0.15) is 26.3 Å². The lowest BCUT2D eigenvalue weighted by Crippen LogP contribution is -2.45. The van der Waals surface area contributed by atoms with Gasteiger partial charge in [-0.15, -0.1) is 0 Å². The van der Waals surface area contributed by atoms with Gasteiger partial charge in [0.15, 0.2) is 11.6 Å². The van der Waals surface area contributed by atoms with Crippen molar-refractivity contribution in [3.05, 3.63) is 45.7 Å². The van der Waals surface area contributed by atoms with Crippen LogP contribution in [-0.2, 0) is 21.9 Å². The summed E-state index contributed by atoms with van der Waals surface area (Å²) in [6, 6.07) is 1.24. The lowest BCUT2D eigenvalue weighted by atomic mass is 10.3. The summed E-state index contributed by atoms with van der Waals surface area (Å²) in [5, 5.41) is 1.02. The van der Waals surface area contributed by atoms with Crippen LogP contribution in [0.1, 0.15) is 17.5 Å². The van der Waals surface area contributed by atoms with E-state index in [2.05, 4.69) is 20.8 Å². The topological polar surface area (TPSA) is 90.5 Å².